The maximum absolute atomic E-state index is 6.23. The molecule has 0 spiro atoms. The zero-order valence-electron chi connectivity index (χ0n) is 14.1. The molecule has 3 nitrogen and oxygen atoms in total. The van der Waals surface area contributed by atoms with E-state index in [1.165, 1.54) is 57.9 Å². The SMILES string of the molecule is CCC1CCC(CN)(N(C)CC2(N(C)C)CCC2)CC1. The average molecular weight is 281 g/mol. The molecule has 0 saturated heterocycles. The Kier molecular flexibility index (Phi) is 5.14. The van der Waals surface area contributed by atoms with E-state index in [0.717, 1.165) is 12.5 Å². The highest BCUT2D eigenvalue weighted by Crippen LogP contribution is 2.41. The highest BCUT2D eigenvalue weighted by atomic mass is 15.3. The number of rotatable bonds is 6. The van der Waals surface area contributed by atoms with Gasteiger partial charge in [0.25, 0.3) is 0 Å². The molecule has 0 bridgehead atoms. The summed E-state index contributed by atoms with van der Waals surface area (Å²) in [5.41, 5.74) is 6.91. The Balaban J connectivity index is 2.00. The summed E-state index contributed by atoms with van der Waals surface area (Å²) < 4.78 is 0. The second kappa shape index (κ2) is 6.33. The third-order valence-corrected chi connectivity index (χ3v) is 6.57. The minimum Gasteiger partial charge on any atom is -0.329 e. The normalized spacial score (nSPS) is 33.5. The van der Waals surface area contributed by atoms with Gasteiger partial charge in [0.2, 0.25) is 0 Å². The average Bonchev–Trinajstić information content (AvgIpc) is 2.42. The van der Waals surface area contributed by atoms with Crippen molar-refractivity contribution in [2.45, 2.75) is 69.4 Å². The Morgan fingerprint density at radius 3 is 1.95 bits per heavy atom. The molecule has 0 aromatic carbocycles. The van der Waals surface area contributed by atoms with E-state index in [1.807, 2.05) is 0 Å². The molecule has 0 radical (unpaired) electrons. The van der Waals surface area contributed by atoms with E-state index in [2.05, 4.69) is 37.9 Å². The van der Waals surface area contributed by atoms with Crippen LogP contribution < -0.4 is 5.73 Å². The molecule has 0 heterocycles. The highest BCUT2D eigenvalue weighted by Gasteiger charge is 2.45. The maximum atomic E-state index is 6.23. The molecule has 0 aliphatic heterocycles. The lowest BCUT2D eigenvalue weighted by molar-refractivity contribution is -0.0235. The number of hydrogen-bond acceptors (Lipinski definition) is 3. The molecule has 2 rings (SSSR count). The first-order valence-electron chi connectivity index (χ1n) is 8.57. The molecular weight excluding hydrogens is 246 g/mol. The van der Waals surface area contributed by atoms with Gasteiger partial charge in [0.15, 0.2) is 0 Å². The third kappa shape index (κ3) is 2.90. The van der Waals surface area contributed by atoms with Crippen molar-refractivity contribution in [3.63, 3.8) is 0 Å². The van der Waals surface area contributed by atoms with Crippen molar-refractivity contribution in [2.75, 3.05) is 34.2 Å². The molecule has 0 aromatic heterocycles. The summed E-state index contributed by atoms with van der Waals surface area (Å²) in [6.07, 6.45) is 10.8. The van der Waals surface area contributed by atoms with E-state index in [1.54, 1.807) is 0 Å². The lowest BCUT2D eigenvalue weighted by atomic mass is 9.71. The van der Waals surface area contributed by atoms with Crippen LogP contribution in [0.3, 0.4) is 0 Å². The number of likely N-dealkylation sites (N-methyl/N-ethyl adjacent to an activating group) is 2. The van der Waals surface area contributed by atoms with Crippen LogP contribution in [-0.2, 0) is 0 Å². The van der Waals surface area contributed by atoms with Crippen LogP contribution in [0, 0.1) is 5.92 Å². The molecule has 0 unspecified atom stereocenters. The second-order valence-electron chi connectivity index (χ2n) is 7.61. The van der Waals surface area contributed by atoms with Crippen LogP contribution in [0.5, 0.6) is 0 Å². The van der Waals surface area contributed by atoms with Gasteiger partial charge in [-0.2, -0.15) is 0 Å². The van der Waals surface area contributed by atoms with Crippen LogP contribution in [-0.4, -0.2) is 55.1 Å². The first kappa shape index (κ1) is 16.3. The second-order valence-corrected chi connectivity index (χ2v) is 7.61. The predicted molar refractivity (Wildman–Crippen MR) is 86.9 cm³/mol. The fraction of sp³-hybridized carbons (Fsp3) is 1.00. The molecular formula is C17H35N3. The molecule has 2 aliphatic rings. The molecule has 20 heavy (non-hydrogen) atoms. The quantitative estimate of drug-likeness (QED) is 0.812. The van der Waals surface area contributed by atoms with Crippen molar-refractivity contribution >= 4 is 0 Å². The van der Waals surface area contributed by atoms with Gasteiger partial charge in [-0.3, -0.25) is 4.90 Å². The Morgan fingerprint density at radius 2 is 1.60 bits per heavy atom. The molecule has 118 valence electrons. The Morgan fingerprint density at radius 1 is 1.00 bits per heavy atom. The number of nitrogens with two attached hydrogens (primary N) is 1. The van der Waals surface area contributed by atoms with E-state index in [4.69, 9.17) is 5.73 Å². The molecule has 2 fully saturated rings. The smallest absolute Gasteiger partial charge is 0.0330 e. The first-order valence-corrected chi connectivity index (χ1v) is 8.57. The first-order chi connectivity index (χ1) is 9.48. The Bertz CT molecular complexity index is 301. The number of hydrogen-bond donors (Lipinski definition) is 1. The zero-order valence-corrected chi connectivity index (χ0v) is 14.1. The van der Waals surface area contributed by atoms with Gasteiger partial charge >= 0.3 is 0 Å². The van der Waals surface area contributed by atoms with Crippen LogP contribution in [0.15, 0.2) is 0 Å². The standard InChI is InChI=1S/C17H35N3/c1-5-15-7-11-16(13-18,12-8-15)20(4)14-17(19(2)3)9-6-10-17/h15H,5-14,18H2,1-4H3. The highest BCUT2D eigenvalue weighted by molar-refractivity contribution is 5.02. The molecule has 2 aliphatic carbocycles. The number of nitrogens with zero attached hydrogens (tertiary/aromatic N) is 2. The lowest BCUT2D eigenvalue weighted by Gasteiger charge is -2.54. The van der Waals surface area contributed by atoms with Gasteiger partial charge in [-0.15, -0.1) is 0 Å². The summed E-state index contributed by atoms with van der Waals surface area (Å²) in [6.45, 7) is 4.34. The van der Waals surface area contributed by atoms with Gasteiger partial charge in [0.1, 0.15) is 0 Å². The van der Waals surface area contributed by atoms with E-state index >= 15 is 0 Å². The molecule has 0 aromatic rings. The fourth-order valence-corrected chi connectivity index (χ4v) is 4.31. The monoisotopic (exact) mass is 281 g/mol. The molecule has 2 saturated carbocycles. The van der Waals surface area contributed by atoms with Gasteiger partial charge in [-0.25, -0.2) is 0 Å². The summed E-state index contributed by atoms with van der Waals surface area (Å²) in [4.78, 5) is 5.08. The predicted octanol–water partition coefficient (Wildman–Crippen LogP) is 2.70. The van der Waals surface area contributed by atoms with Gasteiger partial charge in [0.05, 0.1) is 0 Å². The zero-order chi connectivity index (χ0) is 14.8. The third-order valence-electron chi connectivity index (χ3n) is 6.57. The molecule has 2 N–H and O–H groups in total. The summed E-state index contributed by atoms with van der Waals surface area (Å²) in [5, 5.41) is 0. The van der Waals surface area contributed by atoms with Gasteiger partial charge < -0.3 is 10.6 Å². The van der Waals surface area contributed by atoms with Crippen molar-refractivity contribution in [2.24, 2.45) is 11.7 Å². The van der Waals surface area contributed by atoms with Crippen molar-refractivity contribution in [1.29, 1.82) is 0 Å². The van der Waals surface area contributed by atoms with Crippen molar-refractivity contribution in [3.05, 3.63) is 0 Å². The molecule has 3 heteroatoms. The topological polar surface area (TPSA) is 32.5 Å². The molecule has 0 amide bonds. The minimum atomic E-state index is 0.268. The molecule has 0 atom stereocenters. The van der Waals surface area contributed by atoms with Crippen LogP contribution in [0.2, 0.25) is 0 Å². The van der Waals surface area contributed by atoms with Gasteiger partial charge in [-0.05, 0) is 72.0 Å². The summed E-state index contributed by atoms with van der Waals surface area (Å²) in [5.74, 6) is 0.939. The van der Waals surface area contributed by atoms with E-state index in [0.29, 0.717) is 5.54 Å². The van der Waals surface area contributed by atoms with E-state index < -0.39 is 0 Å². The van der Waals surface area contributed by atoms with Crippen molar-refractivity contribution < 1.29 is 0 Å². The largest absolute Gasteiger partial charge is 0.329 e. The lowest BCUT2D eigenvalue weighted by Crippen LogP contribution is -2.63. The summed E-state index contributed by atoms with van der Waals surface area (Å²) in [7, 11) is 6.81. The minimum absolute atomic E-state index is 0.268. The Labute approximate surface area is 125 Å². The summed E-state index contributed by atoms with van der Waals surface area (Å²) >= 11 is 0. The van der Waals surface area contributed by atoms with E-state index in [-0.39, 0.29) is 5.54 Å². The van der Waals surface area contributed by atoms with Crippen LogP contribution >= 0.6 is 0 Å². The Hall–Kier alpha value is -0.120. The van der Waals surface area contributed by atoms with Crippen LogP contribution in [0.25, 0.3) is 0 Å². The summed E-state index contributed by atoms with van der Waals surface area (Å²) in [6, 6.07) is 0. The van der Waals surface area contributed by atoms with Gasteiger partial charge in [-0.1, -0.05) is 13.3 Å². The van der Waals surface area contributed by atoms with Gasteiger partial charge in [0, 0.05) is 24.2 Å². The maximum Gasteiger partial charge on any atom is 0.0330 e. The fourth-order valence-electron chi connectivity index (χ4n) is 4.31. The van der Waals surface area contributed by atoms with Crippen LogP contribution in [0.1, 0.15) is 58.3 Å². The van der Waals surface area contributed by atoms with Crippen molar-refractivity contribution in [3.8, 4) is 0 Å². The van der Waals surface area contributed by atoms with Crippen LogP contribution in [0.4, 0.5) is 0 Å². The van der Waals surface area contributed by atoms with E-state index in [9.17, 15) is 0 Å². The van der Waals surface area contributed by atoms with Crippen molar-refractivity contribution in [1.82, 2.24) is 9.80 Å².